The number of benzene rings is 4. The van der Waals surface area contributed by atoms with E-state index < -0.39 is 41.7 Å². The average molecular weight is 654 g/mol. The number of rotatable bonds is 7. The fourth-order valence-electron chi connectivity index (χ4n) is 8.64. The molecule has 49 heavy (non-hydrogen) atoms. The van der Waals surface area contributed by atoms with Crippen molar-refractivity contribution in [2.45, 2.75) is 43.2 Å². The van der Waals surface area contributed by atoms with Gasteiger partial charge in [-0.15, -0.1) is 0 Å². The number of hydrogen-bond acceptors (Lipinski definition) is 5. The van der Waals surface area contributed by atoms with Crippen molar-refractivity contribution in [2.24, 2.45) is 11.8 Å². The van der Waals surface area contributed by atoms with Crippen LogP contribution in [0.2, 0.25) is 0 Å². The fourth-order valence-corrected chi connectivity index (χ4v) is 8.64. The van der Waals surface area contributed by atoms with Gasteiger partial charge in [-0.05, 0) is 40.5 Å². The molecule has 8 nitrogen and oxygen atoms in total. The molecule has 1 spiro atoms. The summed E-state index contributed by atoms with van der Waals surface area (Å²) in [5.41, 5.74) is -0.162. The molecule has 4 aromatic rings. The highest BCUT2D eigenvalue weighted by Crippen LogP contribution is 2.60. The molecule has 0 saturated carbocycles. The summed E-state index contributed by atoms with van der Waals surface area (Å²) in [5, 5.41) is 13.0. The van der Waals surface area contributed by atoms with E-state index in [9.17, 15) is 9.90 Å². The predicted molar refractivity (Wildman–Crippen MR) is 187 cm³/mol. The number of nitrogens with zero attached hydrogens (tertiary/aromatic N) is 3. The van der Waals surface area contributed by atoms with Crippen molar-refractivity contribution in [1.82, 2.24) is 9.80 Å². The number of fused-ring (bicyclic) bond motifs is 3. The van der Waals surface area contributed by atoms with Crippen LogP contribution in [-0.2, 0) is 25.7 Å². The first-order valence-corrected chi connectivity index (χ1v) is 17.1. The maximum absolute atomic E-state index is 15.2. The second-order valence-electron chi connectivity index (χ2n) is 13.5. The molecule has 1 unspecified atom stereocenters. The van der Waals surface area contributed by atoms with Gasteiger partial charge in [-0.3, -0.25) is 14.4 Å². The number of ether oxygens (including phenoxy) is 1. The minimum atomic E-state index is -1.45. The molecule has 8 rings (SSSR count). The van der Waals surface area contributed by atoms with Gasteiger partial charge in [0.15, 0.2) is 0 Å². The number of carbonyl (C=O) groups excluding carboxylic acids is 3. The first kappa shape index (κ1) is 31.2. The predicted octanol–water partition coefficient (Wildman–Crippen LogP) is 5.44. The molecule has 8 heteroatoms. The molecule has 2 saturated heterocycles. The van der Waals surface area contributed by atoms with Crippen molar-refractivity contribution in [3.8, 4) is 0 Å². The molecule has 4 aliphatic rings. The number of hydrogen-bond donors (Lipinski definition) is 1. The Balaban J connectivity index is 1.27. The van der Waals surface area contributed by atoms with E-state index in [1.54, 1.807) is 9.80 Å². The summed E-state index contributed by atoms with van der Waals surface area (Å²) in [5.74, 6) is -2.72. The Hall–Kier alpha value is -5.05. The third-order valence-electron chi connectivity index (χ3n) is 10.9. The Morgan fingerprint density at radius 2 is 1.47 bits per heavy atom. The molecule has 2 fully saturated rings. The first-order valence-electron chi connectivity index (χ1n) is 17.1. The highest BCUT2D eigenvalue weighted by molar-refractivity contribution is 6.07. The topological polar surface area (TPSA) is 90.4 Å². The van der Waals surface area contributed by atoms with Gasteiger partial charge in [0.05, 0.1) is 30.1 Å². The van der Waals surface area contributed by atoms with Crippen molar-refractivity contribution in [2.75, 3.05) is 24.6 Å². The Morgan fingerprint density at radius 3 is 2.20 bits per heavy atom. The van der Waals surface area contributed by atoms with E-state index in [0.29, 0.717) is 30.8 Å². The first-order chi connectivity index (χ1) is 23.9. The normalized spacial score (nSPS) is 28.3. The summed E-state index contributed by atoms with van der Waals surface area (Å²) < 4.78 is 7.19. The highest BCUT2D eigenvalue weighted by Gasteiger charge is 2.76. The van der Waals surface area contributed by atoms with Gasteiger partial charge < -0.3 is 24.5 Å². The van der Waals surface area contributed by atoms with E-state index >= 15 is 9.59 Å². The van der Waals surface area contributed by atoms with Crippen molar-refractivity contribution in [1.29, 1.82) is 0 Å². The van der Waals surface area contributed by atoms with Crippen LogP contribution in [0.4, 0.5) is 5.69 Å². The van der Waals surface area contributed by atoms with Gasteiger partial charge >= 0.3 is 0 Å². The Bertz CT molecular complexity index is 1980. The monoisotopic (exact) mass is 653 g/mol. The summed E-state index contributed by atoms with van der Waals surface area (Å²) in [4.78, 5) is 50.2. The van der Waals surface area contributed by atoms with Crippen LogP contribution in [-0.4, -0.2) is 69.6 Å². The smallest absolute Gasteiger partial charge is 0.253 e. The summed E-state index contributed by atoms with van der Waals surface area (Å²) in [7, 11) is 0. The van der Waals surface area contributed by atoms with E-state index in [1.807, 2.05) is 134 Å². The number of aliphatic hydroxyl groups is 1. The zero-order valence-electron chi connectivity index (χ0n) is 27.4. The molecule has 6 atom stereocenters. The van der Waals surface area contributed by atoms with Gasteiger partial charge in [0.2, 0.25) is 11.8 Å². The van der Waals surface area contributed by atoms with Gasteiger partial charge in [0.25, 0.3) is 5.91 Å². The molecule has 0 radical (unpaired) electrons. The van der Waals surface area contributed by atoms with Crippen LogP contribution in [0.25, 0.3) is 10.8 Å². The number of amides is 3. The lowest BCUT2D eigenvalue weighted by atomic mass is 9.73. The van der Waals surface area contributed by atoms with E-state index in [2.05, 4.69) is 0 Å². The Morgan fingerprint density at radius 1 is 0.776 bits per heavy atom. The maximum Gasteiger partial charge on any atom is 0.253 e. The van der Waals surface area contributed by atoms with Crippen molar-refractivity contribution in [3.63, 3.8) is 0 Å². The molecule has 0 bridgehead atoms. The standard InChI is InChI=1S/C41H39N3O5/c1-2-40-21-11-23-42(26-28-13-5-3-6-14-28)37(46)34(40)35-38(47)44(33(27-45)30-16-7-4-8-17-30)36-39(48)43(24-12-22-41(35,36)49-40)32-20-19-29-15-9-10-18-31(29)25-32/h3-22,25,33-36,45H,2,23-24,26-27H2,1H3/t33-,34-,35+,36?,40+,41+/m1/s1. The zero-order chi connectivity index (χ0) is 33.8. The highest BCUT2D eigenvalue weighted by atomic mass is 16.5. The molecular weight excluding hydrogens is 614 g/mol. The van der Waals surface area contributed by atoms with Crippen LogP contribution >= 0.6 is 0 Å². The number of aliphatic hydroxyl groups excluding tert-OH is 1. The molecule has 3 amide bonds. The molecule has 4 aromatic carbocycles. The Kier molecular flexibility index (Phi) is 7.73. The molecule has 0 aliphatic carbocycles. The summed E-state index contributed by atoms with van der Waals surface area (Å²) >= 11 is 0. The molecule has 248 valence electrons. The van der Waals surface area contributed by atoms with E-state index in [1.165, 1.54) is 4.90 Å². The van der Waals surface area contributed by atoms with Gasteiger partial charge in [-0.1, -0.05) is 122 Å². The van der Waals surface area contributed by atoms with Crippen LogP contribution in [0.1, 0.15) is 30.5 Å². The average Bonchev–Trinajstić information content (AvgIpc) is 3.43. The molecule has 0 aromatic heterocycles. The van der Waals surface area contributed by atoms with Gasteiger partial charge in [-0.2, -0.15) is 0 Å². The Labute approximate surface area is 285 Å². The largest absolute Gasteiger partial charge is 0.394 e. The fraction of sp³-hybridized carbons (Fsp3) is 0.293. The van der Waals surface area contributed by atoms with Crippen LogP contribution in [0.5, 0.6) is 0 Å². The number of likely N-dealkylation sites (tertiary alicyclic amines) is 1. The second-order valence-corrected chi connectivity index (χ2v) is 13.5. The minimum absolute atomic E-state index is 0.178. The van der Waals surface area contributed by atoms with Crippen molar-refractivity contribution in [3.05, 3.63) is 139 Å². The van der Waals surface area contributed by atoms with Crippen LogP contribution in [0, 0.1) is 11.8 Å². The van der Waals surface area contributed by atoms with Crippen LogP contribution in [0.15, 0.2) is 127 Å². The summed E-state index contributed by atoms with van der Waals surface area (Å²) in [6, 6.07) is 31.0. The lowest BCUT2D eigenvalue weighted by molar-refractivity contribution is -0.153. The number of carbonyl (C=O) groups is 3. The SMILES string of the molecule is CC[C@]12C=CCN(Cc3ccccc3)C(=O)[C@H]1[C@H]1C(=O)N([C@H](CO)c3ccccc3)C3C(=O)N(c4ccc5ccccc5c4)CC=C[C@@]31O2. The lowest BCUT2D eigenvalue weighted by Crippen LogP contribution is -2.57. The van der Waals surface area contributed by atoms with Crippen LogP contribution < -0.4 is 4.90 Å². The van der Waals surface area contributed by atoms with Crippen molar-refractivity contribution >= 4 is 34.2 Å². The quantitative estimate of drug-likeness (QED) is 0.269. The third-order valence-corrected chi connectivity index (χ3v) is 10.9. The van der Waals surface area contributed by atoms with Gasteiger partial charge in [0.1, 0.15) is 11.6 Å². The van der Waals surface area contributed by atoms with Crippen molar-refractivity contribution < 1.29 is 24.2 Å². The summed E-state index contributed by atoms with van der Waals surface area (Å²) in [6.07, 6.45) is 8.12. The van der Waals surface area contributed by atoms with E-state index in [4.69, 9.17) is 4.74 Å². The second kappa shape index (κ2) is 12.1. The zero-order valence-corrected chi connectivity index (χ0v) is 27.4. The van der Waals surface area contributed by atoms with E-state index in [0.717, 1.165) is 16.3 Å². The number of anilines is 1. The molecular formula is C41H39N3O5. The molecule has 1 N–H and O–H groups in total. The third kappa shape index (κ3) is 4.84. The minimum Gasteiger partial charge on any atom is -0.394 e. The molecule has 4 heterocycles. The summed E-state index contributed by atoms with van der Waals surface area (Å²) in [6.45, 7) is 2.59. The maximum atomic E-state index is 15.2. The lowest BCUT2D eigenvalue weighted by Gasteiger charge is -2.41. The van der Waals surface area contributed by atoms with Gasteiger partial charge in [-0.25, -0.2) is 0 Å². The molecule has 4 aliphatic heterocycles. The van der Waals surface area contributed by atoms with Crippen LogP contribution in [0.3, 0.4) is 0 Å². The van der Waals surface area contributed by atoms with E-state index in [-0.39, 0.29) is 24.3 Å². The van der Waals surface area contributed by atoms with Gasteiger partial charge in [0, 0.05) is 25.3 Å².